The van der Waals surface area contributed by atoms with Crippen LogP contribution in [0.2, 0.25) is 0 Å². The number of aliphatic hydroxyl groups is 1. The zero-order chi connectivity index (χ0) is 13.6. The Morgan fingerprint density at radius 1 is 1.11 bits per heavy atom. The summed E-state index contributed by atoms with van der Waals surface area (Å²) in [6, 6.07) is 8.14. The van der Waals surface area contributed by atoms with Crippen molar-refractivity contribution >= 4 is 8.80 Å². The minimum atomic E-state index is -2.94. The molecule has 5 heteroatoms. The summed E-state index contributed by atoms with van der Waals surface area (Å²) >= 11 is 0. The highest BCUT2D eigenvalue weighted by atomic mass is 28.4. The smallest absolute Gasteiger partial charge is 0.389 e. The molecule has 1 aromatic carbocycles. The summed E-state index contributed by atoms with van der Waals surface area (Å²) in [4.78, 5) is 0. The third kappa shape index (κ3) is 3.40. The third-order valence-electron chi connectivity index (χ3n) is 3.21. The van der Waals surface area contributed by atoms with Crippen LogP contribution in [0.15, 0.2) is 24.3 Å². The van der Waals surface area contributed by atoms with Gasteiger partial charge in [0, 0.05) is 21.3 Å². The summed E-state index contributed by atoms with van der Waals surface area (Å²) in [5, 5.41) is 10.2. The maximum Gasteiger partial charge on any atom is 0.530 e. The van der Waals surface area contributed by atoms with Crippen molar-refractivity contribution in [1.29, 1.82) is 0 Å². The predicted octanol–water partition coefficient (Wildman–Crippen LogP) is 1.71. The highest BCUT2D eigenvalue weighted by Gasteiger charge is 2.46. The van der Waals surface area contributed by atoms with Crippen LogP contribution in [0.3, 0.4) is 0 Å². The maximum atomic E-state index is 10.2. The SMILES string of the molecule is CO[Si](OC)(OC)C(O)CCc1ccccc1C. The molecule has 0 spiro atoms. The highest BCUT2D eigenvalue weighted by Crippen LogP contribution is 2.18. The molecule has 1 unspecified atom stereocenters. The molecular formula is C13H22O4Si. The van der Waals surface area contributed by atoms with Gasteiger partial charge in [-0.25, -0.2) is 0 Å². The summed E-state index contributed by atoms with van der Waals surface area (Å²) in [7, 11) is 1.59. The maximum absolute atomic E-state index is 10.2. The number of benzene rings is 1. The summed E-state index contributed by atoms with van der Waals surface area (Å²) < 4.78 is 15.8. The Labute approximate surface area is 110 Å². The zero-order valence-corrected chi connectivity index (χ0v) is 12.5. The quantitative estimate of drug-likeness (QED) is 0.766. The Morgan fingerprint density at radius 3 is 2.17 bits per heavy atom. The van der Waals surface area contributed by atoms with Gasteiger partial charge >= 0.3 is 8.80 Å². The predicted molar refractivity (Wildman–Crippen MR) is 72.3 cm³/mol. The van der Waals surface area contributed by atoms with E-state index >= 15 is 0 Å². The standard InChI is InChI=1S/C13H22O4Si/c1-11-7-5-6-8-12(11)9-10-13(14)18(15-2,16-3)17-4/h5-8,13-14H,9-10H2,1-4H3. The molecule has 0 saturated heterocycles. The van der Waals surface area contributed by atoms with E-state index in [1.54, 1.807) is 0 Å². The normalized spacial score (nSPS) is 13.6. The molecule has 4 nitrogen and oxygen atoms in total. The summed E-state index contributed by atoms with van der Waals surface area (Å²) in [5.74, 6) is 0. The van der Waals surface area contributed by atoms with Gasteiger partial charge in [-0.15, -0.1) is 0 Å². The van der Waals surface area contributed by atoms with Crippen molar-refractivity contribution in [2.75, 3.05) is 21.3 Å². The molecule has 0 heterocycles. The van der Waals surface area contributed by atoms with E-state index in [9.17, 15) is 5.11 Å². The molecule has 0 aromatic heterocycles. The van der Waals surface area contributed by atoms with Gasteiger partial charge in [0.15, 0.2) is 0 Å². The number of hydrogen-bond acceptors (Lipinski definition) is 4. The van der Waals surface area contributed by atoms with Crippen molar-refractivity contribution in [2.24, 2.45) is 0 Å². The van der Waals surface area contributed by atoms with Crippen LogP contribution in [-0.2, 0) is 19.7 Å². The van der Waals surface area contributed by atoms with Gasteiger partial charge in [-0.1, -0.05) is 24.3 Å². The van der Waals surface area contributed by atoms with E-state index in [1.165, 1.54) is 32.5 Å². The number of aliphatic hydroxyl groups excluding tert-OH is 1. The van der Waals surface area contributed by atoms with Gasteiger partial charge in [0.1, 0.15) is 5.73 Å². The van der Waals surface area contributed by atoms with Crippen LogP contribution in [0.4, 0.5) is 0 Å². The summed E-state index contributed by atoms with van der Waals surface area (Å²) in [6.07, 6.45) is 1.34. The Hall–Kier alpha value is -0.723. The second kappa shape index (κ2) is 7.01. The molecule has 0 bridgehead atoms. The lowest BCUT2D eigenvalue weighted by Gasteiger charge is -2.29. The second-order valence-corrected chi connectivity index (χ2v) is 7.30. The van der Waals surface area contributed by atoms with E-state index in [0.29, 0.717) is 6.42 Å². The largest absolute Gasteiger partial charge is 0.530 e. The average Bonchev–Trinajstić information content (AvgIpc) is 2.40. The molecule has 0 fully saturated rings. The minimum absolute atomic E-state index is 0.562. The zero-order valence-electron chi connectivity index (χ0n) is 11.5. The van der Waals surface area contributed by atoms with Crippen LogP contribution in [0.1, 0.15) is 17.5 Å². The first-order valence-electron chi connectivity index (χ1n) is 5.97. The van der Waals surface area contributed by atoms with Gasteiger partial charge < -0.3 is 18.4 Å². The second-order valence-electron chi connectivity index (χ2n) is 4.20. The molecular weight excluding hydrogens is 248 g/mol. The number of rotatable bonds is 7. The van der Waals surface area contributed by atoms with E-state index in [2.05, 4.69) is 19.1 Å². The molecule has 0 aliphatic rings. The molecule has 1 aromatic rings. The Kier molecular flexibility index (Phi) is 5.97. The average molecular weight is 270 g/mol. The Morgan fingerprint density at radius 2 is 1.67 bits per heavy atom. The minimum Gasteiger partial charge on any atom is -0.389 e. The van der Waals surface area contributed by atoms with Gasteiger partial charge in [0.25, 0.3) is 0 Å². The molecule has 18 heavy (non-hydrogen) atoms. The fourth-order valence-electron chi connectivity index (χ4n) is 2.02. The van der Waals surface area contributed by atoms with Crippen molar-refractivity contribution in [2.45, 2.75) is 25.5 Å². The van der Waals surface area contributed by atoms with Crippen LogP contribution in [0, 0.1) is 6.92 Å². The fourth-order valence-corrected chi connectivity index (χ4v) is 3.83. The molecule has 1 atom stereocenters. The van der Waals surface area contributed by atoms with E-state index < -0.39 is 14.5 Å². The molecule has 1 N–H and O–H groups in total. The molecule has 0 aliphatic heterocycles. The van der Waals surface area contributed by atoms with Gasteiger partial charge in [-0.2, -0.15) is 0 Å². The van der Waals surface area contributed by atoms with E-state index in [1.807, 2.05) is 12.1 Å². The first-order chi connectivity index (χ1) is 8.59. The lowest BCUT2D eigenvalue weighted by atomic mass is 10.0. The van der Waals surface area contributed by atoms with Gasteiger partial charge in [-0.3, -0.25) is 0 Å². The van der Waals surface area contributed by atoms with E-state index in [0.717, 1.165) is 6.42 Å². The molecule has 0 aliphatic carbocycles. The Balaban J connectivity index is 2.65. The van der Waals surface area contributed by atoms with Crippen LogP contribution < -0.4 is 0 Å². The van der Waals surface area contributed by atoms with Gasteiger partial charge in [-0.05, 0) is 30.9 Å². The van der Waals surface area contributed by atoms with E-state index in [4.69, 9.17) is 13.3 Å². The molecule has 102 valence electrons. The van der Waals surface area contributed by atoms with Crippen molar-refractivity contribution in [1.82, 2.24) is 0 Å². The lowest BCUT2D eigenvalue weighted by molar-refractivity contribution is 0.0556. The highest BCUT2D eigenvalue weighted by molar-refractivity contribution is 6.61. The van der Waals surface area contributed by atoms with Crippen LogP contribution >= 0.6 is 0 Å². The number of aryl methyl sites for hydroxylation is 2. The first-order valence-corrected chi connectivity index (χ1v) is 7.78. The Bertz CT molecular complexity index is 357. The molecule has 0 amide bonds. The summed E-state index contributed by atoms with van der Waals surface area (Å²) in [5.41, 5.74) is 1.74. The monoisotopic (exact) mass is 270 g/mol. The summed E-state index contributed by atoms with van der Waals surface area (Å²) in [6.45, 7) is 2.06. The van der Waals surface area contributed by atoms with Crippen LogP contribution in [0.5, 0.6) is 0 Å². The first kappa shape index (κ1) is 15.3. The van der Waals surface area contributed by atoms with Gasteiger partial charge in [0.05, 0.1) is 0 Å². The van der Waals surface area contributed by atoms with Gasteiger partial charge in [0.2, 0.25) is 0 Å². The number of hydrogen-bond donors (Lipinski definition) is 1. The molecule has 0 saturated carbocycles. The van der Waals surface area contributed by atoms with Crippen molar-refractivity contribution in [3.8, 4) is 0 Å². The lowest BCUT2D eigenvalue weighted by Crippen LogP contribution is -2.54. The molecule has 0 radical (unpaired) electrons. The topological polar surface area (TPSA) is 47.9 Å². The van der Waals surface area contributed by atoms with E-state index in [-0.39, 0.29) is 0 Å². The fraction of sp³-hybridized carbons (Fsp3) is 0.538. The molecule has 1 rings (SSSR count). The van der Waals surface area contributed by atoms with Crippen LogP contribution in [-0.4, -0.2) is 41.0 Å². The van der Waals surface area contributed by atoms with Crippen molar-refractivity contribution < 1.29 is 18.4 Å². The van der Waals surface area contributed by atoms with Crippen LogP contribution in [0.25, 0.3) is 0 Å². The van der Waals surface area contributed by atoms with Crippen molar-refractivity contribution in [3.63, 3.8) is 0 Å². The van der Waals surface area contributed by atoms with Crippen molar-refractivity contribution in [3.05, 3.63) is 35.4 Å². The third-order valence-corrected chi connectivity index (χ3v) is 6.02.